The molecular formula is C17H25. The van der Waals surface area contributed by atoms with Crippen molar-refractivity contribution in [2.45, 2.75) is 58.8 Å². The van der Waals surface area contributed by atoms with E-state index in [0.717, 1.165) is 6.42 Å². The van der Waals surface area contributed by atoms with Gasteiger partial charge in [0.2, 0.25) is 0 Å². The summed E-state index contributed by atoms with van der Waals surface area (Å²) in [6.45, 7) is 4.47. The molecule has 1 radical (unpaired) electrons. The van der Waals surface area contributed by atoms with Gasteiger partial charge in [0.1, 0.15) is 0 Å². The van der Waals surface area contributed by atoms with E-state index in [1.807, 2.05) is 0 Å². The molecule has 0 atom stereocenters. The molecule has 0 fully saturated rings. The van der Waals surface area contributed by atoms with E-state index in [-0.39, 0.29) is 0 Å². The monoisotopic (exact) mass is 229 g/mol. The van der Waals surface area contributed by atoms with E-state index < -0.39 is 0 Å². The van der Waals surface area contributed by atoms with Crippen LogP contribution in [0.2, 0.25) is 0 Å². The van der Waals surface area contributed by atoms with E-state index in [9.17, 15) is 0 Å². The zero-order valence-corrected chi connectivity index (χ0v) is 11.3. The second-order valence-corrected chi connectivity index (χ2v) is 4.64. The fraction of sp³-hybridized carbons (Fsp3) is 0.529. The highest BCUT2D eigenvalue weighted by Crippen LogP contribution is 2.09. The lowest BCUT2D eigenvalue weighted by atomic mass is 10.0. The van der Waals surface area contributed by atoms with E-state index in [0.29, 0.717) is 0 Å². The quantitative estimate of drug-likeness (QED) is 0.529. The number of rotatable bonds is 8. The molecule has 0 unspecified atom stereocenters. The summed E-state index contributed by atoms with van der Waals surface area (Å²) < 4.78 is 0. The van der Waals surface area contributed by atoms with Gasteiger partial charge >= 0.3 is 0 Å². The van der Waals surface area contributed by atoms with Crippen LogP contribution in [-0.2, 0) is 6.42 Å². The molecule has 1 aromatic carbocycles. The summed E-state index contributed by atoms with van der Waals surface area (Å²) in [6.07, 6.45) is 14.3. The van der Waals surface area contributed by atoms with Crippen LogP contribution >= 0.6 is 0 Å². The maximum atomic E-state index is 3.35. The average molecular weight is 229 g/mol. The third kappa shape index (κ3) is 6.31. The van der Waals surface area contributed by atoms with Crippen LogP contribution in [0.5, 0.6) is 0 Å². The van der Waals surface area contributed by atoms with Gasteiger partial charge in [0.05, 0.1) is 0 Å². The minimum Gasteiger partial charge on any atom is -0.0760 e. The highest BCUT2D eigenvalue weighted by Gasteiger charge is 1.93. The molecule has 17 heavy (non-hydrogen) atoms. The molecule has 93 valence electrons. The minimum atomic E-state index is 1.15. The molecule has 0 N–H and O–H groups in total. The van der Waals surface area contributed by atoms with Gasteiger partial charge in [-0.3, -0.25) is 0 Å². The van der Waals surface area contributed by atoms with Crippen molar-refractivity contribution in [3.05, 3.63) is 47.5 Å². The van der Waals surface area contributed by atoms with E-state index in [2.05, 4.69) is 50.3 Å². The van der Waals surface area contributed by atoms with Crippen LogP contribution in [0.3, 0.4) is 0 Å². The molecule has 1 aromatic rings. The fourth-order valence-electron chi connectivity index (χ4n) is 1.84. The Morgan fingerprint density at radius 1 is 0.941 bits per heavy atom. The first-order valence-corrected chi connectivity index (χ1v) is 7.04. The molecule has 0 aromatic heterocycles. The van der Waals surface area contributed by atoms with Crippen molar-refractivity contribution < 1.29 is 0 Å². The molecule has 0 spiro atoms. The van der Waals surface area contributed by atoms with E-state index in [4.69, 9.17) is 0 Å². The number of hydrogen-bond donors (Lipinski definition) is 0. The van der Waals surface area contributed by atoms with Gasteiger partial charge in [-0.25, -0.2) is 0 Å². The van der Waals surface area contributed by atoms with Crippen molar-refractivity contribution in [2.75, 3.05) is 0 Å². The van der Waals surface area contributed by atoms with Gasteiger partial charge in [0, 0.05) is 0 Å². The predicted octanol–water partition coefficient (Wildman–Crippen LogP) is 5.32. The molecule has 0 heterocycles. The molecule has 0 amide bonds. The summed E-state index contributed by atoms with van der Waals surface area (Å²) in [5.41, 5.74) is 2.66. The zero-order valence-electron chi connectivity index (χ0n) is 11.3. The van der Waals surface area contributed by atoms with Crippen LogP contribution in [0.25, 0.3) is 0 Å². The molecular weight excluding hydrogens is 204 g/mol. The summed E-state index contributed by atoms with van der Waals surface area (Å²) in [6, 6.07) is 8.85. The third-order valence-electron chi connectivity index (χ3n) is 2.99. The number of hydrogen-bond acceptors (Lipinski definition) is 0. The predicted molar refractivity (Wildman–Crippen MR) is 76.1 cm³/mol. The van der Waals surface area contributed by atoms with E-state index in [1.54, 1.807) is 0 Å². The second kappa shape index (κ2) is 9.04. The van der Waals surface area contributed by atoms with Crippen LogP contribution in [0, 0.1) is 6.08 Å². The molecule has 0 aliphatic carbocycles. The molecule has 0 aliphatic heterocycles. The Bertz CT molecular complexity index is 305. The SMILES string of the molecule is CCCC/C=[C]\c1ccc(CCCCC)cc1. The minimum absolute atomic E-state index is 1.15. The third-order valence-corrected chi connectivity index (χ3v) is 2.99. The lowest BCUT2D eigenvalue weighted by Gasteiger charge is -2.01. The molecule has 0 bridgehead atoms. The summed E-state index contributed by atoms with van der Waals surface area (Å²) in [5, 5.41) is 0. The Hall–Kier alpha value is -1.04. The normalized spacial score (nSPS) is 11.2. The maximum absolute atomic E-state index is 3.35. The van der Waals surface area contributed by atoms with Crippen LogP contribution in [0.4, 0.5) is 0 Å². The number of benzene rings is 1. The second-order valence-electron chi connectivity index (χ2n) is 4.64. The highest BCUT2D eigenvalue weighted by molar-refractivity contribution is 5.27. The van der Waals surface area contributed by atoms with Crippen LogP contribution in [0.1, 0.15) is 63.5 Å². The number of allylic oxidation sites excluding steroid dienone is 1. The van der Waals surface area contributed by atoms with Crippen molar-refractivity contribution in [3.8, 4) is 0 Å². The van der Waals surface area contributed by atoms with Gasteiger partial charge in [-0.1, -0.05) is 69.9 Å². The highest BCUT2D eigenvalue weighted by atomic mass is 14.0. The van der Waals surface area contributed by atoms with Gasteiger partial charge in [-0.15, -0.1) is 0 Å². The lowest BCUT2D eigenvalue weighted by molar-refractivity contribution is 0.717. The zero-order chi connectivity index (χ0) is 12.3. The Labute approximate surface area is 107 Å². The summed E-state index contributed by atoms with van der Waals surface area (Å²) in [5.74, 6) is 0. The molecule has 0 saturated carbocycles. The summed E-state index contributed by atoms with van der Waals surface area (Å²) in [7, 11) is 0. The van der Waals surface area contributed by atoms with Crippen molar-refractivity contribution in [1.82, 2.24) is 0 Å². The molecule has 1 rings (SSSR count). The number of aryl methyl sites for hydroxylation is 1. The average Bonchev–Trinajstić information content (AvgIpc) is 2.37. The maximum Gasteiger partial charge on any atom is -0.0149 e. The van der Waals surface area contributed by atoms with Crippen LogP contribution in [-0.4, -0.2) is 0 Å². The molecule has 0 nitrogen and oxygen atoms in total. The first kappa shape index (κ1) is 14.0. The van der Waals surface area contributed by atoms with Gasteiger partial charge in [0.15, 0.2) is 0 Å². The lowest BCUT2D eigenvalue weighted by Crippen LogP contribution is -1.85. The van der Waals surface area contributed by atoms with Gasteiger partial charge < -0.3 is 0 Å². The van der Waals surface area contributed by atoms with E-state index >= 15 is 0 Å². The van der Waals surface area contributed by atoms with E-state index in [1.165, 1.54) is 49.7 Å². The summed E-state index contributed by atoms with van der Waals surface area (Å²) in [4.78, 5) is 0. The Kier molecular flexibility index (Phi) is 7.46. The fourth-order valence-corrected chi connectivity index (χ4v) is 1.84. The summed E-state index contributed by atoms with van der Waals surface area (Å²) >= 11 is 0. The Morgan fingerprint density at radius 3 is 2.29 bits per heavy atom. The number of unbranched alkanes of at least 4 members (excludes halogenated alkanes) is 4. The topological polar surface area (TPSA) is 0 Å². The van der Waals surface area contributed by atoms with Crippen LogP contribution in [0.15, 0.2) is 30.3 Å². The van der Waals surface area contributed by atoms with Gasteiger partial charge in [-0.2, -0.15) is 0 Å². The van der Waals surface area contributed by atoms with Gasteiger partial charge in [0.25, 0.3) is 0 Å². The van der Waals surface area contributed by atoms with Gasteiger partial charge in [-0.05, 0) is 36.5 Å². The first-order chi connectivity index (χ1) is 8.36. The van der Waals surface area contributed by atoms with Crippen LogP contribution < -0.4 is 0 Å². The standard InChI is InChI=1S/C17H25/c1-3-5-7-9-11-17-14-12-16(13-15-17)10-8-6-4-2/h9,12-15H,3-8,10H2,1-2H3. The van der Waals surface area contributed by atoms with Crippen molar-refractivity contribution in [3.63, 3.8) is 0 Å². The Balaban J connectivity index is 2.36. The first-order valence-electron chi connectivity index (χ1n) is 7.04. The van der Waals surface area contributed by atoms with Crippen molar-refractivity contribution >= 4 is 0 Å². The largest absolute Gasteiger partial charge is 0.0760 e. The molecule has 0 aliphatic rings. The Morgan fingerprint density at radius 2 is 1.65 bits per heavy atom. The van der Waals surface area contributed by atoms with Crippen molar-refractivity contribution in [2.24, 2.45) is 0 Å². The smallest absolute Gasteiger partial charge is 0.0149 e. The molecule has 0 saturated heterocycles. The molecule has 0 heteroatoms. The van der Waals surface area contributed by atoms with Crippen molar-refractivity contribution in [1.29, 1.82) is 0 Å².